The molecule has 0 aromatic carbocycles. The molecule has 2 aromatic heterocycles. The molecule has 0 radical (unpaired) electrons. The molecule has 3 heterocycles. The fourth-order valence-corrected chi connectivity index (χ4v) is 3.35. The van der Waals surface area contributed by atoms with Crippen LogP contribution >= 0.6 is 23.4 Å². The van der Waals surface area contributed by atoms with Crippen LogP contribution in [0.25, 0.3) is 5.78 Å². The molecular formula is C11H14ClN5S. The number of nitrogens with one attached hydrogen (secondary N) is 1. The number of aromatic nitrogens is 4. The molecule has 1 N–H and O–H groups in total. The fourth-order valence-electron chi connectivity index (χ4n) is 2.11. The van der Waals surface area contributed by atoms with Gasteiger partial charge in [-0.2, -0.15) is 31.3 Å². The molecule has 1 saturated heterocycles. The molecule has 96 valence electrons. The molecular weight excluding hydrogens is 270 g/mol. The van der Waals surface area contributed by atoms with Crippen molar-refractivity contribution < 1.29 is 0 Å². The van der Waals surface area contributed by atoms with Crippen LogP contribution in [0.5, 0.6) is 0 Å². The Balaban J connectivity index is 1.98. The maximum absolute atomic E-state index is 6.13. The summed E-state index contributed by atoms with van der Waals surface area (Å²) in [4.78, 5) is 8.28. The number of rotatable bonds is 2. The molecule has 1 aliphatic heterocycles. The summed E-state index contributed by atoms with van der Waals surface area (Å²) in [6.07, 6.45) is 3.93. The average molecular weight is 284 g/mol. The Morgan fingerprint density at radius 2 is 2.44 bits per heavy atom. The molecule has 0 aliphatic carbocycles. The normalized spacial score (nSPS) is 20.2. The zero-order valence-corrected chi connectivity index (χ0v) is 11.6. The maximum atomic E-state index is 6.13. The van der Waals surface area contributed by atoms with Crippen molar-refractivity contribution in [2.75, 3.05) is 16.8 Å². The third-order valence-corrected chi connectivity index (χ3v) is 4.69. The van der Waals surface area contributed by atoms with E-state index in [1.165, 1.54) is 24.9 Å². The summed E-state index contributed by atoms with van der Waals surface area (Å²) in [6, 6.07) is 0.466. The van der Waals surface area contributed by atoms with Crippen LogP contribution in [0.4, 0.5) is 5.82 Å². The zero-order valence-electron chi connectivity index (χ0n) is 10.1. The summed E-state index contributed by atoms with van der Waals surface area (Å²) in [5.74, 6) is 3.83. The second-order valence-electron chi connectivity index (χ2n) is 4.41. The maximum Gasteiger partial charge on any atom is 0.255 e. The van der Waals surface area contributed by atoms with E-state index in [0.717, 1.165) is 17.1 Å². The topological polar surface area (TPSA) is 55.1 Å². The highest BCUT2D eigenvalue weighted by atomic mass is 35.5. The van der Waals surface area contributed by atoms with E-state index in [9.17, 15) is 0 Å². The van der Waals surface area contributed by atoms with E-state index in [1.807, 2.05) is 18.7 Å². The predicted molar refractivity (Wildman–Crippen MR) is 74.5 cm³/mol. The van der Waals surface area contributed by atoms with Crippen LogP contribution in [0, 0.1) is 6.92 Å². The Labute approximate surface area is 114 Å². The molecule has 0 bridgehead atoms. The van der Waals surface area contributed by atoms with Crippen molar-refractivity contribution in [2.24, 2.45) is 0 Å². The number of hydrogen-bond acceptors (Lipinski definition) is 5. The van der Waals surface area contributed by atoms with Gasteiger partial charge in [-0.25, -0.2) is 0 Å². The van der Waals surface area contributed by atoms with Gasteiger partial charge in [0.05, 0.1) is 0 Å². The molecule has 1 fully saturated rings. The van der Waals surface area contributed by atoms with Crippen molar-refractivity contribution >= 4 is 35.0 Å². The number of hydrogen-bond donors (Lipinski definition) is 1. The number of anilines is 1. The quantitative estimate of drug-likeness (QED) is 0.858. The van der Waals surface area contributed by atoms with Crippen LogP contribution in [-0.2, 0) is 0 Å². The number of fused-ring (bicyclic) bond motifs is 1. The summed E-state index contributed by atoms with van der Waals surface area (Å²) >= 11 is 8.11. The average Bonchev–Trinajstić information content (AvgIpc) is 2.84. The van der Waals surface area contributed by atoms with Gasteiger partial charge >= 0.3 is 0 Å². The van der Waals surface area contributed by atoms with Crippen LogP contribution in [-0.4, -0.2) is 37.1 Å². The Bertz CT molecular complexity index is 564. The van der Waals surface area contributed by atoms with Crippen molar-refractivity contribution in [3.05, 3.63) is 17.0 Å². The van der Waals surface area contributed by atoms with Gasteiger partial charge in [-0.1, -0.05) is 11.6 Å². The Hall–Kier alpha value is -1.01. The molecule has 3 rings (SSSR count). The molecule has 1 unspecified atom stereocenters. The first kappa shape index (κ1) is 12.0. The Kier molecular flexibility index (Phi) is 3.30. The van der Waals surface area contributed by atoms with E-state index >= 15 is 0 Å². The first-order valence-electron chi connectivity index (χ1n) is 5.96. The fraction of sp³-hybridized carbons (Fsp3) is 0.545. The van der Waals surface area contributed by atoms with E-state index in [-0.39, 0.29) is 0 Å². The van der Waals surface area contributed by atoms with Gasteiger partial charge in [0.25, 0.3) is 5.78 Å². The largest absolute Gasteiger partial charge is 0.366 e. The molecule has 1 atom stereocenters. The first-order valence-corrected chi connectivity index (χ1v) is 7.49. The number of nitrogens with zero attached hydrogens (tertiary/aromatic N) is 4. The highest BCUT2D eigenvalue weighted by molar-refractivity contribution is 7.99. The van der Waals surface area contributed by atoms with Crippen molar-refractivity contribution in [3.63, 3.8) is 0 Å². The minimum absolute atomic E-state index is 0.466. The van der Waals surface area contributed by atoms with Crippen LogP contribution in [0.2, 0.25) is 5.15 Å². The van der Waals surface area contributed by atoms with Crippen molar-refractivity contribution in [1.29, 1.82) is 0 Å². The monoisotopic (exact) mass is 283 g/mol. The lowest BCUT2D eigenvalue weighted by Gasteiger charge is -2.24. The second-order valence-corrected chi connectivity index (χ2v) is 5.91. The number of halogens is 1. The van der Waals surface area contributed by atoms with Gasteiger partial charge in [0.2, 0.25) is 0 Å². The standard InChI is InChI=1S/C11H14ClN5S/c1-7-9(12)16-11-13-6-14-17(11)10(7)15-8-3-2-4-18-5-8/h6,8,15H,2-5H2,1H3. The van der Waals surface area contributed by atoms with E-state index in [2.05, 4.69) is 20.4 Å². The summed E-state index contributed by atoms with van der Waals surface area (Å²) < 4.78 is 1.72. The Morgan fingerprint density at radius 3 is 3.22 bits per heavy atom. The van der Waals surface area contributed by atoms with Crippen molar-refractivity contribution in [1.82, 2.24) is 19.6 Å². The Morgan fingerprint density at radius 1 is 1.56 bits per heavy atom. The molecule has 0 spiro atoms. The van der Waals surface area contributed by atoms with Crippen LogP contribution in [0.1, 0.15) is 18.4 Å². The van der Waals surface area contributed by atoms with Gasteiger partial charge in [0, 0.05) is 17.4 Å². The minimum Gasteiger partial charge on any atom is -0.366 e. The highest BCUT2D eigenvalue weighted by Gasteiger charge is 2.18. The SMILES string of the molecule is Cc1c(Cl)nc2ncnn2c1NC1CCCSC1. The van der Waals surface area contributed by atoms with Crippen molar-refractivity contribution in [3.8, 4) is 0 Å². The zero-order chi connectivity index (χ0) is 12.5. The molecule has 0 saturated carbocycles. The lowest BCUT2D eigenvalue weighted by molar-refractivity contribution is 0.676. The molecule has 1 aliphatic rings. The first-order chi connectivity index (χ1) is 8.75. The summed E-state index contributed by atoms with van der Waals surface area (Å²) in [6.45, 7) is 1.95. The molecule has 0 amide bonds. The van der Waals surface area contributed by atoms with E-state index < -0.39 is 0 Å². The van der Waals surface area contributed by atoms with E-state index in [1.54, 1.807) is 4.52 Å². The van der Waals surface area contributed by atoms with Crippen LogP contribution in [0.15, 0.2) is 6.33 Å². The minimum atomic E-state index is 0.466. The third-order valence-electron chi connectivity index (χ3n) is 3.11. The molecule has 2 aromatic rings. The lowest BCUT2D eigenvalue weighted by atomic mass is 10.2. The summed E-state index contributed by atoms with van der Waals surface area (Å²) in [5.41, 5.74) is 0.922. The highest BCUT2D eigenvalue weighted by Crippen LogP contribution is 2.26. The van der Waals surface area contributed by atoms with Crippen LogP contribution < -0.4 is 5.32 Å². The van der Waals surface area contributed by atoms with Gasteiger partial charge in [-0.3, -0.25) is 0 Å². The van der Waals surface area contributed by atoms with Gasteiger partial charge in [-0.05, 0) is 25.5 Å². The van der Waals surface area contributed by atoms with E-state index in [4.69, 9.17) is 11.6 Å². The van der Waals surface area contributed by atoms with Gasteiger partial charge in [0.15, 0.2) is 0 Å². The predicted octanol–water partition coefficient (Wildman–Crippen LogP) is 2.39. The van der Waals surface area contributed by atoms with Crippen LogP contribution in [0.3, 0.4) is 0 Å². The van der Waals surface area contributed by atoms with Gasteiger partial charge < -0.3 is 5.32 Å². The molecule has 5 nitrogen and oxygen atoms in total. The smallest absolute Gasteiger partial charge is 0.255 e. The van der Waals surface area contributed by atoms with Gasteiger partial charge in [0.1, 0.15) is 17.3 Å². The number of thioether (sulfide) groups is 1. The van der Waals surface area contributed by atoms with Crippen molar-refractivity contribution in [2.45, 2.75) is 25.8 Å². The van der Waals surface area contributed by atoms with Gasteiger partial charge in [-0.15, -0.1) is 0 Å². The summed E-state index contributed by atoms with van der Waals surface area (Å²) in [7, 11) is 0. The van der Waals surface area contributed by atoms with E-state index in [0.29, 0.717) is 17.0 Å². The lowest BCUT2D eigenvalue weighted by Crippen LogP contribution is -2.27. The molecule has 18 heavy (non-hydrogen) atoms. The molecule has 7 heteroatoms. The second kappa shape index (κ2) is 4.93. The summed E-state index contributed by atoms with van der Waals surface area (Å²) in [5, 5.41) is 8.22. The third kappa shape index (κ3) is 2.14.